The predicted octanol–water partition coefficient (Wildman–Crippen LogP) is 0.104. The maximum atomic E-state index is 13.0. The number of benzene rings is 1. The van der Waals surface area contributed by atoms with Crippen LogP contribution in [0.15, 0.2) is 29.2 Å². The minimum Gasteiger partial charge on any atom is -0.394 e. The summed E-state index contributed by atoms with van der Waals surface area (Å²) in [5.41, 5.74) is 0. The van der Waals surface area contributed by atoms with Crippen molar-refractivity contribution >= 4 is 15.9 Å². The Labute approximate surface area is 140 Å². The van der Waals surface area contributed by atoms with Crippen molar-refractivity contribution in [3.8, 4) is 0 Å². The molecule has 0 aromatic heterocycles. The Bertz CT molecular complexity index is 650. The van der Waals surface area contributed by atoms with Crippen LogP contribution in [0.2, 0.25) is 0 Å². The second-order valence-electron chi connectivity index (χ2n) is 5.35. The van der Waals surface area contributed by atoms with E-state index in [1.807, 2.05) is 0 Å². The number of amides is 1. The number of carbonyl (C=O) groups is 1. The van der Waals surface area contributed by atoms with Gasteiger partial charge in [-0.25, -0.2) is 12.8 Å². The highest BCUT2D eigenvalue weighted by Crippen LogP contribution is 2.26. The fourth-order valence-electron chi connectivity index (χ4n) is 2.56. The van der Waals surface area contributed by atoms with Gasteiger partial charge < -0.3 is 15.2 Å². The summed E-state index contributed by atoms with van der Waals surface area (Å²) in [7, 11) is -3.85. The number of aliphatic hydroxyl groups is 1. The van der Waals surface area contributed by atoms with Crippen molar-refractivity contribution in [2.24, 2.45) is 0 Å². The van der Waals surface area contributed by atoms with Crippen molar-refractivity contribution in [1.29, 1.82) is 0 Å². The maximum absolute atomic E-state index is 13.0. The first-order valence-electron chi connectivity index (χ1n) is 7.70. The van der Waals surface area contributed by atoms with Crippen molar-refractivity contribution in [3.05, 3.63) is 30.1 Å². The van der Waals surface area contributed by atoms with Gasteiger partial charge in [-0.1, -0.05) is 0 Å². The number of sulfonamides is 1. The normalized spacial score (nSPS) is 18.7. The van der Waals surface area contributed by atoms with Crippen LogP contribution in [0.3, 0.4) is 0 Å². The van der Waals surface area contributed by atoms with Gasteiger partial charge in [-0.2, -0.15) is 4.31 Å². The Balaban J connectivity index is 2.01. The number of nitrogens with zero attached hydrogens (tertiary/aromatic N) is 1. The zero-order valence-electron chi connectivity index (χ0n) is 13.2. The van der Waals surface area contributed by atoms with Gasteiger partial charge >= 0.3 is 0 Å². The first-order chi connectivity index (χ1) is 11.5. The summed E-state index contributed by atoms with van der Waals surface area (Å²) in [4.78, 5) is 12.2. The molecule has 9 heteroatoms. The second-order valence-corrected chi connectivity index (χ2v) is 7.25. The van der Waals surface area contributed by atoms with E-state index in [1.165, 1.54) is 12.1 Å². The largest absolute Gasteiger partial charge is 0.394 e. The van der Waals surface area contributed by atoms with E-state index in [-0.39, 0.29) is 43.7 Å². The van der Waals surface area contributed by atoms with Crippen LogP contribution in [0.5, 0.6) is 0 Å². The number of rotatable bonds is 8. The zero-order chi connectivity index (χ0) is 17.6. The van der Waals surface area contributed by atoms with Crippen LogP contribution in [-0.2, 0) is 19.6 Å². The van der Waals surface area contributed by atoms with Crippen molar-refractivity contribution < 1.29 is 27.4 Å². The molecule has 1 atom stereocenters. The molecule has 1 aliphatic rings. The Morgan fingerprint density at radius 3 is 2.71 bits per heavy atom. The average molecular weight is 360 g/mol. The monoisotopic (exact) mass is 360 g/mol. The van der Waals surface area contributed by atoms with E-state index < -0.39 is 21.9 Å². The van der Waals surface area contributed by atoms with Gasteiger partial charge in [0.05, 0.1) is 24.7 Å². The van der Waals surface area contributed by atoms with Gasteiger partial charge in [0.1, 0.15) is 11.9 Å². The fraction of sp³-hybridized carbons (Fsp3) is 0.533. The highest BCUT2D eigenvalue weighted by Gasteiger charge is 2.39. The van der Waals surface area contributed by atoms with Crippen molar-refractivity contribution in [3.63, 3.8) is 0 Å². The molecule has 0 aliphatic carbocycles. The Morgan fingerprint density at radius 2 is 2.04 bits per heavy atom. The van der Waals surface area contributed by atoms with Gasteiger partial charge in [-0.05, 0) is 37.1 Å². The highest BCUT2D eigenvalue weighted by atomic mass is 32.2. The minimum atomic E-state index is -3.85. The average Bonchev–Trinajstić information content (AvgIpc) is 3.05. The van der Waals surface area contributed by atoms with E-state index in [1.54, 1.807) is 0 Å². The number of hydrogen-bond acceptors (Lipinski definition) is 5. The number of nitrogens with one attached hydrogen (secondary N) is 1. The Kier molecular flexibility index (Phi) is 6.67. The second kappa shape index (κ2) is 8.52. The lowest BCUT2D eigenvalue weighted by Crippen LogP contribution is -2.46. The van der Waals surface area contributed by atoms with E-state index in [0.717, 1.165) is 16.4 Å². The molecule has 7 nitrogen and oxygen atoms in total. The first kappa shape index (κ1) is 18.8. The summed E-state index contributed by atoms with van der Waals surface area (Å²) < 4.78 is 44.5. The molecular formula is C15H21FN2O5S. The number of halogens is 1. The lowest BCUT2D eigenvalue weighted by molar-refractivity contribution is -0.124. The lowest BCUT2D eigenvalue weighted by atomic mass is 10.2. The molecule has 1 aliphatic heterocycles. The Morgan fingerprint density at radius 1 is 1.33 bits per heavy atom. The van der Waals surface area contributed by atoms with E-state index in [0.29, 0.717) is 12.8 Å². The molecule has 2 rings (SSSR count). The van der Waals surface area contributed by atoms with E-state index in [4.69, 9.17) is 9.84 Å². The van der Waals surface area contributed by atoms with Crippen molar-refractivity contribution in [2.45, 2.75) is 23.8 Å². The molecule has 0 unspecified atom stereocenters. The van der Waals surface area contributed by atoms with Gasteiger partial charge in [-0.15, -0.1) is 0 Å². The number of hydrogen-bond donors (Lipinski definition) is 2. The predicted molar refractivity (Wildman–Crippen MR) is 84.2 cm³/mol. The molecule has 1 heterocycles. The third kappa shape index (κ3) is 4.50. The zero-order valence-corrected chi connectivity index (χ0v) is 14.0. The fourth-order valence-corrected chi connectivity index (χ4v) is 4.22. The SMILES string of the molecule is O=C(NCCOCCO)[C@H]1CCCN1S(=O)(=O)c1ccc(F)cc1. The molecule has 0 spiro atoms. The number of aliphatic hydroxyl groups excluding tert-OH is 1. The van der Waals surface area contributed by atoms with Gasteiger partial charge in [0.25, 0.3) is 0 Å². The summed E-state index contributed by atoms with van der Waals surface area (Å²) in [5.74, 6) is -0.904. The maximum Gasteiger partial charge on any atom is 0.243 e. The van der Waals surface area contributed by atoms with Crippen LogP contribution in [0.1, 0.15) is 12.8 Å². The van der Waals surface area contributed by atoms with Crippen LogP contribution in [-0.4, -0.2) is 62.7 Å². The molecule has 1 saturated heterocycles. The summed E-state index contributed by atoms with van der Waals surface area (Å²) in [5, 5.41) is 11.2. The van der Waals surface area contributed by atoms with Gasteiger partial charge in [0.15, 0.2) is 0 Å². The van der Waals surface area contributed by atoms with Gasteiger partial charge in [-0.3, -0.25) is 4.79 Å². The summed E-state index contributed by atoms with van der Waals surface area (Å²) >= 11 is 0. The Hall–Kier alpha value is -1.55. The number of ether oxygens (including phenoxy) is 1. The van der Waals surface area contributed by atoms with Crippen LogP contribution in [0.25, 0.3) is 0 Å². The van der Waals surface area contributed by atoms with E-state index >= 15 is 0 Å². The van der Waals surface area contributed by atoms with Crippen LogP contribution in [0, 0.1) is 5.82 Å². The molecule has 24 heavy (non-hydrogen) atoms. The lowest BCUT2D eigenvalue weighted by Gasteiger charge is -2.23. The summed E-state index contributed by atoms with van der Waals surface area (Å²) in [6.45, 7) is 0.812. The van der Waals surface area contributed by atoms with Crippen LogP contribution < -0.4 is 5.32 Å². The van der Waals surface area contributed by atoms with Crippen LogP contribution >= 0.6 is 0 Å². The molecular weight excluding hydrogens is 339 g/mol. The van der Waals surface area contributed by atoms with Crippen molar-refractivity contribution in [2.75, 3.05) is 32.9 Å². The van der Waals surface area contributed by atoms with Crippen LogP contribution in [0.4, 0.5) is 4.39 Å². The summed E-state index contributed by atoms with van der Waals surface area (Å²) in [6, 6.07) is 3.77. The van der Waals surface area contributed by atoms with E-state index in [2.05, 4.69) is 5.32 Å². The molecule has 1 fully saturated rings. The smallest absolute Gasteiger partial charge is 0.243 e. The van der Waals surface area contributed by atoms with Gasteiger partial charge in [0, 0.05) is 13.1 Å². The molecule has 0 saturated carbocycles. The quantitative estimate of drug-likeness (QED) is 0.641. The highest BCUT2D eigenvalue weighted by molar-refractivity contribution is 7.89. The molecule has 0 radical (unpaired) electrons. The van der Waals surface area contributed by atoms with Crippen molar-refractivity contribution in [1.82, 2.24) is 9.62 Å². The standard InChI is InChI=1S/C15H21FN2O5S/c16-12-3-5-13(6-4-12)24(21,22)18-8-1-2-14(18)15(20)17-7-10-23-11-9-19/h3-6,14,19H,1-2,7-11H2,(H,17,20)/t14-/m1/s1. The topological polar surface area (TPSA) is 95.9 Å². The van der Waals surface area contributed by atoms with Gasteiger partial charge in [0.2, 0.25) is 15.9 Å². The minimum absolute atomic E-state index is 0.0325. The molecule has 1 aromatic rings. The third-order valence-corrected chi connectivity index (χ3v) is 5.63. The summed E-state index contributed by atoms with van der Waals surface area (Å²) in [6.07, 6.45) is 1.02. The first-order valence-corrected chi connectivity index (χ1v) is 9.14. The molecule has 134 valence electrons. The number of carbonyl (C=O) groups excluding carboxylic acids is 1. The van der Waals surface area contributed by atoms with E-state index in [9.17, 15) is 17.6 Å². The molecule has 0 bridgehead atoms. The third-order valence-electron chi connectivity index (χ3n) is 3.71. The molecule has 1 amide bonds. The molecule has 2 N–H and O–H groups in total. The molecule has 1 aromatic carbocycles.